The number of carbonyl (C=O) groups excluding carboxylic acids is 2. The van der Waals surface area contributed by atoms with E-state index in [9.17, 15) is 9.59 Å². The molecule has 0 spiro atoms. The molecule has 0 aliphatic rings. The summed E-state index contributed by atoms with van der Waals surface area (Å²) in [5.41, 5.74) is 7.14. The lowest BCUT2D eigenvalue weighted by Crippen LogP contribution is -2.37. The molecule has 0 saturated carbocycles. The first-order chi connectivity index (χ1) is 11.5. The Balaban J connectivity index is 2.32. The Morgan fingerprint density at radius 1 is 1.04 bits per heavy atom. The van der Waals surface area contributed by atoms with Gasteiger partial charge in [-0.15, -0.1) is 0 Å². The van der Waals surface area contributed by atoms with Crippen LogP contribution in [0.2, 0.25) is 0 Å². The Labute approximate surface area is 140 Å². The average Bonchev–Trinajstić information content (AvgIpc) is 2.60. The molecule has 2 rings (SSSR count). The largest absolute Gasteiger partial charge is 0.496 e. The van der Waals surface area contributed by atoms with E-state index in [1.165, 1.54) is 14.2 Å². The summed E-state index contributed by atoms with van der Waals surface area (Å²) in [6.07, 6.45) is 0. The minimum absolute atomic E-state index is 0.316. The van der Waals surface area contributed by atoms with E-state index in [-0.39, 0.29) is 0 Å². The predicted molar refractivity (Wildman–Crippen MR) is 90.1 cm³/mol. The number of rotatable bonds is 6. The van der Waals surface area contributed by atoms with E-state index in [4.69, 9.17) is 15.2 Å². The monoisotopic (exact) mass is 328 g/mol. The van der Waals surface area contributed by atoms with Gasteiger partial charge in [0, 0.05) is 11.1 Å². The van der Waals surface area contributed by atoms with Crippen molar-refractivity contribution in [2.45, 2.75) is 13.0 Å². The molecule has 2 aromatic rings. The molecule has 2 aromatic carbocycles. The van der Waals surface area contributed by atoms with Crippen molar-refractivity contribution in [3.8, 4) is 11.5 Å². The highest BCUT2D eigenvalue weighted by atomic mass is 16.5. The van der Waals surface area contributed by atoms with Crippen LogP contribution in [0.4, 0.5) is 0 Å². The SMILES string of the molecule is COc1cc(C(=O)NC(C(N)=O)c2ccccc2)cc(OC)c1C. The number of hydrogen-bond donors (Lipinski definition) is 2. The van der Waals surface area contributed by atoms with E-state index in [0.29, 0.717) is 22.6 Å². The number of hydrogen-bond acceptors (Lipinski definition) is 4. The van der Waals surface area contributed by atoms with Crippen LogP contribution in [0, 0.1) is 6.92 Å². The second-order valence-electron chi connectivity index (χ2n) is 5.23. The van der Waals surface area contributed by atoms with Crippen LogP contribution in [0.3, 0.4) is 0 Å². The first-order valence-corrected chi connectivity index (χ1v) is 7.35. The van der Waals surface area contributed by atoms with Gasteiger partial charge >= 0.3 is 0 Å². The zero-order valence-corrected chi connectivity index (χ0v) is 13.8. The molecule has 3 N–H and O–H groups in total. The van der Waals surface area contributed by atoms with Gasteiger partial charge in [0.2, 0.25) is 5.91 Å². The lowest BCUT2D eigenvalue weighted by Gasteiger charge is -2.17. The first kappa shape index (κ1) is 17.3. The molecule has 0 aliphatic carbocycles. The van der Waals surface area contributed by atoms with E-state index in [2.05, 4.69) is 5.32 Å². The number of carbonyl (C=O) groups is 2. The van der Waals surface area contributed by atoms with Crippen molar-refractivity contribution in [3.63, 3.8) is 0 Å². The minimum Gasteiger partial charge on any atom is -0.496 e. The second-order valence-corrected chi connectivity index (χ2v) is 5.23. The van der Waals surface area contributed by atoms with Gasteiger partial charge in [-0.2, -0.15) is 0 Å². The number of amides is 2. The van der Waals surface area contributed by atoms with E-state index in [1.807, 2.05) is 13.0 Å². The summed E-state index contributed by atoms with van der Waals surface area (Å²) in [5, 5.41) is 2.65. The van der Waals surface area contributed by atoms with Crippen molar-refractivity contribution in [1.82, 2.24) is 5.32 Å². The summed E-state index contributed by atoms with van der Waals surface area (Å²) in [4.78, 5) is 24.3. The zero-order chi connectivity index (χ0) is 17.7. The van der Waals surface area contributed by atoms with E-state index < -0.39 is 17.9 Å². The smallest absolute Gasteiger partial charge is 0.252 e. The van der Waals surface area contributed by atoms with Gasteiger partial charge in [-0.3, -0.25) is 9.59 Å². The Morgan fingerprint density at radius 2 is 1.58 bits per heavy atom. The molecule has 126 valence electrons. The molecular formula is C18H20N2O4. The van der Waals surface area contributed by atoms with Crippen molar-refractivity contribution in [1.29, 1.82) is 0 Å². The summed E-state index contributed by atoms with van der Waals surface area (Å²) in [6.45, 7) is 1.83. The quantitative estimate of drug-likeness (QED) is 0.848. The molecule has 0 saturated heterocycles. The fourth-order valence-corrected chi connectivity index (χ4v) is 2.40. The molecule has 1 unspecified atom stereocenters. The highest BCUT2D eigenvalue weighted by Gasteiger charge is 2.22. The second kappa shape index (κ2) is 7.50. The number of methoxy groups -OCH3 is 2. The van der Waals surface area contributed by atoms with Gasteiger partial charge in [0.15, 0.2) is 0 Å². The van der Waals surface area contributed by atoms with Crippen LogP contribution in [0.1, 0.15) is 27.5 Å². The van der Waals surface area contributed by atoms with Crippen molar-refractivity contribution in [2.75, 3.05) is 14.2 Å². The number of benzene rings is 2. The molecule has 0 bridgehead atoms. The van der Waals surface area contributed by atoms with Crippen molar-refractivity contribution in [3.05, 3.63) is 59.2 Å². The number of ether oxygens (including phenoxy) is 2. The van der Waals surface area contributed by atoms with Crippen molar-refractivity contribution in [2.24, 2.45) is 5.73 Å². The molecule has 6 heteroatoms. The Morgan fingerprint density at radius 3 is 2.04 bits per heavy atom. The van der Waals surface area contributed by atoms with Gasteiger partial charge in [-0.1, -0.05) is 30.3 Å². The molecule has 0 heterocycles. The summed E-state index contributed by atoms with van der Waals surface area (Å²) >= 11 is 0. The molecule has 0 aliphatic heterocycles. The topological polar surface area (TPSA) is 90.6 Å². The third kappa shape index (κ3) is 3.65. The molecule has 0 aromatic heterocycles. The van der Waals surface area contributed by atoms with E-state index in [1.54, 1.807) is 36.4 Å². The summed E-state index contributed by atoms with van der Waals surface area (Å²) in [5.74, 6) is -0.0375. The Hall–Kier alpha value is -3.02. The standard InChI is InChI=1S/C18H20N2O4/c1-11-14(23-2)9-13(10-15(11)24-3)18(22)20-16(17(19)21)12-7-5-4-6-8-12/h4-10,16H,1-3H3,(H2,19,21)(H,20,22). The normalized spacial score (nSPS) is 11.5. The maximum atomic E-state index is 12.6. The molecule has 0 fully saturated rings. The van der Waals surface area contributed by atoms with Crippen LogP contribution in [0.5, 0.6) is 11.5 Å². The van der Waals surface area contributed by atoms with Crippen molar-refractivity contribution < 1.29 is 19.1 Å². The third-order valence-electron chi connectivity index (χ3n) is 3.71. The Kier molecular flexibility index (Phi) is 5.42. The Bertz CT molecular complexity index is 719. The van der Waals surface area contributed by atoms with Crippen LogP contribution in [-0.2, 0) is 4.79 Å². The fourth-order valence-electron chi connectivity index (χ4n) is 2.40. The van der Waals surface area contributed by atoms with Crippen molar-refractivity contribution >= 4 is 11.8 Å². The maximum Gasteiger partial charge on any atom is 0.252 e. The van der Waals surface area contributed by atoms with Crippen LogP contribution in [-0.4, -0.2) is 26.0 Å². The van der Waals surface area contributed by atoms with Crippen LogP contribution < -0.4 is 20.5 Å². The van der Waals surface area contributed by atoms with Crippen LogP contribution in [0.15, 0.2) is 42.5 Å². The molecular weight excluding hydrogens is 308 g/mol. The lowest BCUT2D eigenvalue weighted by molar-refractivity contribution is -0.120. The van der Waals surface area contributed by atoms with Gasteiger partial charge in [0.1, 0.15) is 17.5 Å². The summed E-state index contributed by atoms with van der Waals surface area (Å²) in [6, 6.07) is 11.1. The minimum atomic E-state index is -0.919. The van der Waals surface area contributed by atoms with Gasteiger partial charge in [-0.25, -0.2) is 0 Å². The van der Waals surface area contributed by atoms with E-state index in [0.717, 1.165) is 5.56 Å². The highest BCUT2D eigenvalue weighted by Crippen LogP contribution is 2.29. The molecule has 24 heavy (non-hydrogen) atoms. The lowest BCUT2D eigenvalue weighted by atomic mass is 10.0. The van der Waals surface area contributed by atoms with Gasteiger partial charge in [-0.05, 0) is 24.6 Å². The zero-order valence-electron chi connectivity index (χ0n) is 13.8. The molecule has 0 radical (unpaired) electrons. The van der Waals surface area contributed by atoms with Gasteiger partial charge in [0.05, 0.1) is 14.2 Å². The molecule has 2 amide bonds. The maximum absolute atomic E-state index is 12.6. The van der Waals surface area contributed by atoms with Crippen LogP contribution in [0.25, 0.3) is 0 Å². The molecule has 6 nitrogen and oxygen atoms in total. The van der Waals surface area contributed by atoms with E-state index >= 15 is 0 Å². The average molecular weight is 328 g/mol. The fraction of sp³-hybridized carbons (Fsp3) is 0.222. The number of primary amides is 1. The summed E-state index contributed by atoms with van der Waals surface area (Å²) < 4.78 is 10.5. The number of nitrogens with two attached hydrogens (primary N) is 1. The summed E-state index contributed by atoms with van der Waals surface area (Å²) in [7, 11) is 3.03. The number of nitrogens with one attached hydrogen (secondary N) is 1. The highest BCUT2D eigenvalue weighted by molar-refractivity contribution is 5.98. The van der Waals surface area contributed by atoms with Gasteiger partial charge < -0.3 is 20.5 Å². The van der Waals surface area contributed by atoms with Crippen LogP contribution >= 0.6 is 0 Å². The molecule has 1 atom stereocenters. The third-order valence-corrected chi connectivity index (χ3v) is 3.71. The van der Waals surface area contributed by atoms with Gasteiger partial charge in [0.25, 0.3) is 5.91 Å². The first-order valence-electron chi connectivity index (χ1n) is 7.35. The predicted octanol–water partition coefficient (Wildman–Crippen LogP) is 1.97.